The number of hydrogen-bond acceptors (Lipinski definition) is 1. The van der Waals surface area contributed by atoms with Gasteiger partial charge in [-0.3, -0.25) is 4.90 Å². The fourth-order valence-corrected chi connectivity index (χ4v) is 0.715. The first kappa shape index (κ1) is 4.09. The van der Waals surface area contributed by atoms with Gasteiger partial charge in [-0.05, 0) is 7.05 Å². The van der Waals surface area contributed by atoms with Crippen molar-refractivity contribution in [1.29, 1.82) is 0 Å². The number of likely N-dealkylation sites (N-methyl/N-ethyl adjacent to an activating group) is 1. The predicted octanol–water partition coefficient (Wildman–Crippen LogP) is -1.55. The molecule has 0 aromatic carbocycles. The van der Waals surface area contributed by atoms with Crippen LogP contribution >= 0.6 is 0 Å². The van der Waals surface area contributed by atoms with Crippen molar-refractivity contribution >= 4 is 0 Å². The Morgan fingerprint density at radius 3 is 2.67 bits per heavy atom. The van der Waals surface area contributed by atoms with E-state index in [1.807, 2.05) is 0 Å². The third kappa shape index (κ3) is 0.698. The van der Waals surface area contributed by atoms with Gasteiger partial charge in [-0.1, -0.05) is 0 Å². The van der Waals surface area contributed by atoms with Gasteiger partial charge >= 0.3 is 0 Å². The Kier molecular flexibility index (Phi) is 1.08. The molecule has 0 saturated carbocycles. The van der Waals surface area contributed by atoms with Crippen LogP contribution in [-0.2, 0) is 0 Å². The fourth-order valence-electron chi connectivity index (χ4n) is 0.715. The molecule has 1 aliphatic rings. The lowest BCUT2D eigenvalue weighted by Crippen LogP contribution is -2.82. The average molecular weight is 87.1 g/mol. The van der Waals surface area contributed by atoms with Crippen molar-refractivity contribution in [3.63, 3.8) is 0 Å². The second kappa shape index (κ2) is 1.58. The summed E-state index contributed by atoms with van der Waals surface area (Å²) in [4.78, 5) is 2.31. The Morgan fingerprint density at radius 2 is 2.50 bits per heavy atom. The summed E-state index contributed by atoms with van der Waals surface area (Å²) in [6.07, 6.45) is 0. The quantitative estimate of drug-likeness (QED) is 0.379. The maximum atomic E-state index is 2.31. The molecular weight excluding hydrogens is 76.1 g/mol. The Balaban J connectivity index is 2.18. The molecule has 2 nitrogen and oxygen atoms in total. The molecule has 36 valence electrons. The van der Waals surface area contributed by atoms with Gasteiger partial charge in [0.25, 0.3) is 0 Å². The van der Waals surface area contributed by atoms with Crippen molar-refractivity contribution in [1.82, 2.24) is 4.90 Å². The first-order valence-electron chi connectivity index (χ1n) is 2.40. The van der Waals surface area contributed by atoms with E-state index < -0.39 is 0 Å². The fraction of sp³-hybridized carbons (Fsp3) is 1.00. The van der Waals surface area contributed by atoms with E-state index in [1.165, 1.54) is 19.8 Å². The molecular formula is C4H11N2+. The lowest BCUT2D eigenvalue weighted by molar-refractivity contribution is -0.642. The van der Waals surface area contributed by atoms with Crippen molar-refractivity contribution in [2.45, 2.75) is 0 Å². The Hall–Kier alpha value is -0.0800. The summed E-state index contributed by atoms with van der Waals surface area (Å²) >= 11 is 0. The number of rotatable bonds is 0. The summed E-state index contributed by atoms with van der Waals surface area (Å²) in [5.74, 6) is 0. The Bertz CT molecular complexity index is 38.8. The molecule has 1 fully saturated rings. The zero-order chi connectivity index (χ0) is 4.41. The van der Waals surface area contributed by atoms with Gasteiger partial charge in [0.05, 0.1) is 13.1 Å². The molecule has 0 spiro atoms. The first-order valence-corrected chi connectivity index (χ1v) is 2.40. The van der Waals surface area contributed by atoms with Crippen LogP contribution in [0.5, 0.6) is 0 Å². The number of hydrogen-bond donors (Lipinski definition) is 1. The maximum absolute atomic E-state index is 2.31. The summed E-state index contributed by atoms with van der Waals surface area (Å²) in [6.45, 7) is 3.75. The minimum absolute atomic E-state index is 1.19. The number of quaternary nitrogens is 1. The van der Waals surface area contributed by atoms with Crippen LogP contribution in [0.3, 0.4) is 0 Å². The zero-order valence-corrected chi connectivity index (χ0v) is 4.15. The molecule has 0 atom stereocenters. The molecule has 0 aliphatic carbocycles. The molecule has 2 heteroatoms. The number of nitrogens with two attached hydrogens (primary N) is 1. The molecule has 1 heterocycles. The highest BCUT2D eigenvalue weighted by Crippen LogP contribution is 1.74. The van der Waals surface area contributed by atoms with Crippen molar-refractivity contribution in [3.05, 3.63) is 0 Å². The van der Waals surface area contributed by atoms with Gasteiger partial charge < -0.3 is 5.32 Å². The SMILES string of the molecule is CN1CC[NH2+]C1. The van der Waals surface area contributed by atoms with Crippen LogP contribution in [0.1, 0.15) is 0 Å². The number of nitrogens with zero attached hydrogens (tertiary/aromatic N) is 1. The molecule has 0 aromatic heterocycles. The minimum Gasteiger partial charge on any atom is -0.333 e. The van der Waals surface area contributed by atoms with Crippen molar-refractivity contribution in [2.24, 2.45) is 0 Å². The van der Waals surface area contributed by atoms with Crippen molar-refractivity contribution in [2.75, 3.05) is 26.8 Å². The maximum Gasteiger partial charge on any atom is 0.131 e. The van der Waals surface area contributed by atoms with Crippen LogP contribution in [-0.4, -0.2) is 31.7 Å². The highest BCUT2D eigenvalue weighted by atomic mass is 15.3. The van der Waals surface area contributed by atoms with E-state index in [2.05, 4.69) is 17.3 Å². The average Bonchev–Trinajstić information content (AvgIpc) is 1.86. The molecule has 1 aliphatic heterocycles. The van der Waals surface area contributed by atoms with E-state index in [0.29, 0.717) is 0 Å². The van der Waals surface area contributed by atoms with Gasteiger partial charge in [-0.25, -0.2) is 0 Å². The van der Waals surface area contributed by atoms with Crippen LogP contribution in [0.4, 0.5) is 0 Å². The third-order valence-corrected chi connectivity index (χ3v) is 1.16. The summed E-state index contributed by atoms with van der Waals surface area (Å²) in [5, 5.41) is 2.31. The second-order valence-corrected chi connectivity index (χ2v) is 1.84. The highest BCUT2D eigenvalue weighted by molar-refractivity contribution is 4.43. The van der Waals surface area contributed by atoms with Gasteiger partial charge in [0.1, 0.15) is 6.67 Å². The van der Waals surface area contributed by atoms with E-state index in [9.17, 15) is 0 Å². The van der Waals surface area contributed by atoms with Gasteiger partial charge in [0.15, 0.2) is 0 Å². The van der Waals surface area contributed by atoms with Gasteiger partial charge in [0.2, 0.25) is 0 Å². The largest absolute Gasteiger partial charge is 0.333 e. The molecule has 1 rings (SSSR count). The topological polar surface area (TPSA) is 19.9 Å². The summed E-state index contributed by atoms with van der Waals surface area (Å²) in [6, 6.07) is 0. The Morgan fingerprint density at radius 1 is 1.67 bits per heavy atom. The Labute approximate surface area is 38.1 Å². The van der Waals surface area contributed by atoms with E-state index in [1.54, 1.807) is 0 Å². The second-order valence-electron chi connectivity index (χ2n) is 1.84. The van der Waals surface area contributed by atoms with Crippen LogP contribution in [0.15, 0.2) is 0 Å². The van der Waals surface area contributed by atoms with Crippen molar-refractivity contribution < 1.29 is 5.32 Å². The molecule has 0 amide bonds. The van der Waals surface area contributed by atoms with Gasteiger partial charge in [0, 0.05) is 0 Å². The molecule has 0 aromatic rings. The lowest BCUT2D eigenvalue weighted by Gasteiger charge is -1.95. The van der Waals surface area contributed by atoms with E-state index in [0.717, 1.165) is 0 Å². The summed E-state index contributed by atoms with van der Waals surface area (Å²) in [7, 11) is 2.14. The smallest absolute Gasteiger partial charge is 0.131 e. The van der Waals surface area contributed by atoms with Crippen molar-refractivity contribution in [3.8, 4) is 0 Å². The molecule has 2 N–H and O–H groups in total. The third-order valence-electron chi connectivity index (χ3n) is 1.16. The summed E-state index contributed by atoms with van der Waals surface area (Å²) in [5.41, 5.74) is 0. The monoisotopic (exact) mass is 87.1 g/mol. The summed E-state index contributed by atoms with van der Waals surface area (Å²) < 4.78 is 0. The van der Waals surface area contributed by atoms with E-state index in [-0.39, 0.29) is 0 Å². The van der Waals surface area contributed by atoms with Crippen LogP contribution < -0.4 is 5.32 Å². The van der Waals surface area contributed by atoms with E-state index in [4.69, 9.17) is 0 Å². The lowest BCUT2D eigenvalue weighted by atomic mass is 10.7. The van der Waals surface area contributed by atoms with E-state index >= 15 is 0 Å². The standard InChI is InChI=1S/C4H10N2/c1-6-3-2-5-4-6/h5H,2-4H2,1H3/p+1. The molecule has 0 unspecified atom stereocenters. The molecule has 0 radical (unpaired) electrons. The zero-order valence-electron chi connectivity index (χ0n) is 4.15. The normalized spacial score (nSPS) is 25.5. The van der Waals surface area contributed by atoms with Crippen LogP contribution in [0.25, 0.3) is 0 Å². The molecule has 6 heavy (non-hydrogen) atoms. The minimum atomic E-state index is 1.19. The van der Waals surface area contributed by atoms with Crippen LogP contribution in [0.2, 0.25) is 0 Å². The highest BCUT2D eigenvalue weighted by Gasteiger charge is 2.06. The first-order chi connectivity index (χ1) is 2.89. The molecule has 1 saturated heterocycles. The van der Waals surface area contributed by atoms with Crippen LogP contribution in [0, 0.1) is 0 Å². The molecule has 0 bridgehead atoms. The van der Waals surface area contributed by atoms with Gasteiger partial charge in [-0.15, -0.1) is 0 Å². The predicted molar refractivity (Wildman–Crippen MR) is 24.3 cm³/mol. The van der Waals surface area contributed by atoms with Gasteiger partial charge in [-0.2, -0.15) is 0 Å².